The molecule has 0 radical (unpaired) electrons. The van der Waals surface area contributed by atoms with Gasteiger partial charge in [0, 0.05) is 39.1 Å². The fourth-order valence-electron chi connectivity index (χ4n) is 3.17. The van der Waals surface area contributed by atoms with E-state index in [1.54, 1.807) is 67.1 Å². The Bertz CT molecular complexity index is 1290. The summed E-state index contributed by atoms with van der Waals surface area (Å²) in [6.07, 6.45) is 4.96. The van der Waals surface area contributed by atoms with Crippen molar-refractivity contribution in [2.75, 3.05) is 0 Å². The summed E-state index contributed by atoms with van der Waals surface area (Å²) in [6.45, 7) is 0. The summed E-state index contributed by atoms with van der Waals surface area (Å²) in [4.78, 5) is 17.4. The fourth-order valence-corrected chi connectivity index (χ4v) is 3.69. The first-order valence-corrected chi connectivity index (χ1v) is 9.45. The van der Waals surface area contributed by atoms with E-state index in [-0.39, 0.29) is 5.56 Å². The molecule has 0 amide bonds. The van der Waals surface area contributed by atoms with Gasteiger partial charge in [0.2, 0.25) is 0 Å². The molecule has 6 heteroatoms. The van der Waals surface area contributed by atoms with Gasteiger partial charge in [-0.2, -0.15) is 5.26 Å². The summed E-state index contributed by atoms with van der Waals surface area (Å²) in [5, 5.41) is 10.4. The zero-order valence-electron chi connectivity index (χ0n) is 15.0. The molecule has 4 nitrogen and oxygen atoms in total. The van der Waals surface area contributed by atoms with E-state index in [1.165, 1.54) is 4.57 Å². The summed E-state index contributed by atoms with van der Waals surface area (Å²) >= 11 is 12.3. The Kier molecular flexibility index (Phi) is 5.18. The van der Waals surface area contributed by atoms with Crippen LogP contribution in [-0.2, 0) is 0 Å². The second-order valence-electron chi connectivity index (χ2n) is 6.34. The van der Waals surface area contributed by atoms with Gasteiger partial charge in [0.15, 0.2) is 0 Å². The summed E-state index contributed by atoms with van der Waals surface area (Å²) in [5.41, 5.74) is 3.35. The highest BCUT2D eigenvalue weighted by Crippen LogP contribution is 2.30. The molecule has 0 unspecified atom stereocenters. The van der Waals surface area contributed by atoms with Gasteiger partial charge in [-0.1, -0.05) is 41.4 Å². The van der Waals surface area contributed by atoms with Crippen LogP contribution in [0.4, 0.5) is 0 Å². The van der Waals surface area contributed by atoms with E-state index in [9.17, 15) is 10.1 Å². The van der Waals surface area contributed by atoms with Crippen LogP contribution in [0.2, 0.25) is 10.0 Å². The number of nitrogens with zero attached hydrogens (tertiary/aromatic N) is 3. The van der Waals surface area contributed by atoms with Gasteiger partial charge < -0.3 is 0 Å². The fraction of sp³-hybridized carbons (Fsp3) is 0. The first kappa shape index (κ1) is 18.9. The highest BCUT2D eigenvalue weighted by molar-refractivity contribution is 6.35. The monoisotopic (exact) mass is 417 g/mol. The van der Waals surface area contributed by atoms with Crippen molar-refractivity contribution < 1.29 is 0 Å². The van der Waals surface area contributed by atoms with E-state index < -0.39 is 0 Å². The normalized spacial score (nSPS) is 10.5. The van der Waals surface area contributed by atoms with E-state index in [2.05, 4.69) is 11.1 Å². The largest absolute Gasteiger partial charge is 0.282 e. The maximum atomic E-state index is 13.3. The van der Waals surface area contributed by atoms with Crippen LogP contribution >= 0.6 is 23.2 Å². The molecule has 4 aromatic rings. The minimum absolute atomic E-state index is 0.241. The van der Waals surface area contributed by atoms with Crippen LogP contribution in [0, 0.1) is 11.3 Å². The second kappa shape index (κ2) is 7.92. The Labute approximate surface area is 177 Å². The molecule has 0 saturated carbocycles. The van der Waals surface area contributed by atoms with Crippen LogP contribution in [0.5, 0.6) is 0 Å². The number of hydrogen-bond acceptors (Lipinski definition) is 3. The third kappa shape index (κ3) is 3.79. The smallest absolute Gasteiger partial charge is 0.263 e. The lowest BCUT2D eigenvalue weighted by Crippen LogP contribution is -2.20. The summed E-state index contributed by atoms with van der Waals surface area (Å²) in [7, 11) is 0. The first-order valence-electron chi connectivity index (χ1n) is 8.70. The van der Waals surface area contributed by atoms with Crippen molar-refractivity contribution >= 4 is 23.2 Å². The number of aromatic nitrogens is 2. The van der Waals surface area contributed by atoms with Gasteiger partial charge in [-0.25, -0.2) is 0 Å². The SMILES string of the molecule is N#Cc1ccccc1-c1cc(-c2cc(Cl)cc(Cl)c2)c(=O)n(-c2cccnc2)c1. The predicted octanol–water partition coefficient (Wildman–Crippen LogP) is 5.74. The number of halogens is 2. The minimum atomic E-state index is -0.241. The lowest BCUT2D eigenvalue weighted by atomic mass is 9.98. The molecule has 0 aliphatic carbocycles. The van der Waals surface area contributed by atoms with Crippen molar-refractivity contribution in [2.45, 2.75) is 0 Å². The molecule has 2 aromatic heterocycles. The van der Waals surface area contributed by atoms with Gasteiger partial charge in [0.25, 0.3) is 5.56 Å². The van der Waals surface area contributed by atoms with Crippen LogP contribution in [-0.4, -0.2) is 9.55 Å². The van der Waals surface area contributed by atoms with Crippen molar-refractivity contribution in [3.63, 3.8) is 0 Å². The quantitative estimate of drug-likeness (QED) is 0.426. The molecule has 140 valence electrons. The van der Waals surface area contributed by atoms with Gasteiger partial charge in [0.05, 0.1) is 23.5 Å². The Morgan fingerprint density at radius 1 is 0.897 bits per heavy atom. The third-order valence-electron chi connectivity index (χ3n) is 4.47. The Morgan fingerprint density at radius 3 is 2.34 bits per heavy atom. The van der Waals surface area contributed by atoms with Gasteiger partial charge in [-0.05, 0) is 48.0 Å². The molecule has 0 spiro atoms. The number of rotatable bonds is 3. The van der Waals surface area contributed by atoms with Crippen LogP contribution in [0.15, 0.2) is 84.0 Å². The Morgan fingerprint density at radius 2 is 1.66 bits per heavy atom. The molecule has 0 N–H and O–H groups in total. The van der Waals surface area contributed by atoms with Crippen LogP contribution < -0.4 is 5.56 Å². The van der Waals surface area contributed by atoms with Crippen LogP contribution in [0.25, 0.3) is 27.9 Å². The van der Waals surface area contributed by atoms with Crippen molar-refractivity contribution in [2.24, 2.45) is 0 Å². The molecule has 2 heterocycles. The van der Waals surface area contributed by atoms with E-state index >= 15 is 0 Å². The van der Waals surface area contributed by atoms with E-state index in [0.717, 1.165) is 11.1 Å². The van der Waals surface area contributed by atoms with Gasteiger partial charge >= 0.3 is 0 Å². The zero-order chi connectivity index (χ0) is 20.4. The molecule has 29 heavy (non-hydrogen) atoms. The molecule has 4 rings (SSSR count). The van der Waals surface area contributed by atoms with Gasteiger partial charge in [-0.3, -0.25) is 14.3 Å². The second-order valence-corrected chi connectivity index (χ2v) is 7.22. The molecule has 0 aliphatic rings. The maximum absolute atomic E-state index is 13.3. The number of nitriles is 1. The highest BCUT2D eigenvalue weighted by Gasteiger charge is 2.14. The molecule has 0 saturated heterocycles. The lowest BCUT2D eigenvalue weighted by Gasteiger charge is -2.13. The maximum Gasteiger partial charge on any atom is 0.263 e. The molecular formula is C23H13Cl2N3O. The van der Waals surface area contributed by atoms with E-state index in [4.69, 9.17) is 23.2 Å². The number of benzene rings is 2. The first-order chi connectivity index (χ1) is 14.1. The Hall–Kier alpha value is -3.39. The average molecular weight is 418 g/mol. The molecule has 2 aromatic carbocycles. The van der Waals surface area contributed by atoms with Crippen molar-refractivity contribution in [3.05, 3.63) is 105 Å². The average Bonchev–Trinajstić information content (AvgIpc) is 2.74. The number of hydrogen-bond donors (Lipinski definition) is 0. The Balaban J connectivity index is 2.06. The topological polar surface area (TPSA) is 58.7 Å². The summed E-state index contributed by atoms with van der Waals surface area (Å²) < 4.78 is 1.51. The summed E-state index contributed by atoms with van der Waals surface area (Å²) in [6, 6.07) is 19.8. The van der Waals surface area contributed by atoms with Gasteiger partial charge in [0.1, 0.15) is 0 Å². The predicted molar refractivity (Wildman–Crippen MR) is 115 cm³/mol. The van der Waals surface area contributed by atoms with Crippen molar-refractivity contribution in [1.82, 2.24) is 9.55 Å². The molecular weight excluding hydrogens is 405 g/mol. The zero-order valence-corrected chi connectivity index (χ0v) is 16.5. The van der Waals surface area contributed by atoms with Crippen molar-refractivity contribution in [3.8, 4) is 34.0 Å². The molecule has 0 atom stereocenters. The van der Waals surface area contributed by atoms with Crippen molar-refractivity contribution in [1.29, 1.82) is 5.26 Å². The van der Waals surface area contributed by atoms with Gasteiger partial charge in [-0.15, -0.1) is 0 Å². The standard InChI is InChI=1S/C23H13Cl2N3O/c24-18-8-16(9-19(25)11-18)22-10-17(21-6-2-1-4-15(21)12-26)14-28(23(22)29)20-5-3-7-27-13-20/h1-11,13-14H. The summed E-state index contributed by atoms with van der Waals surface area (Å²) in [5.74, 6) is 0. The van der Waals surface area contributed by atoms with Crippen LogP contribution in [0.3, 0.4) is 0 Å². The highest BCUT2D eigenvalue weighted by atomic mass is 35.5. The van der Waals surface area contributed by atoms with E-state index in [1.807, 2.05) is 12.1 Å². The van der Waals surface area contributed by atoms with E-state index in [0.29, 0.717) is 32.4 Å². The minimum Gasteiger partial charge on any atom is -0.282 e. The molecule has 0 fully saturated rings. The third-order valence-corrected chi connectivity index (χ3v) is 4.91. The molecule has 0 bridgehead atoms. The molecule has 0 aliphatic heterocycles. The lowest BCUT2D eigenvalue weighted by molar-refractivity contribution is 0.983. The van der Waals surface area contributed by atoms with Crippen LogP contribution in [0.1, 0.15) is 5.56 Å². The number of pyridine rings is 2.